The Bertz CT molecular complexity index is 403. The van der Waals surface area contributed by atoms with E-state index in [0.717, 1.165) is 4.17 Å². The first-order chi connectivity index (χ1) is 9.58. The van der Waals surface area contributed by atoms with Crippen molar-refractivity contribution in [3.8, 4) is 0 Å². The molecule has 0 amide bonds. The van der Waals surface area contributed by atoms with Crippen molar-refractivity contribution in [2.24, 2.45) is 10.8 Å². The van der Waals surface area contributed by atoms with Gasteiger partial charge in [-0.3, -0.25) is 0 Å². The lowest BCUT2D eigenvalue weighted by Crippen LogP contribution is -2.26. The van der Waals surface area contributed by atoms with Crippen LogP contribution < -0.4 is 5.30 Å². The maximum Gasteiger partial charge on any atom is 0.316 e. The lowest BCUT2D eigenvalue weighted by molar-refractivity contribution is 0.144. The van der Waals surface area contributed by atoms with E-state index in [4.69, 9.17) is 9.05 Å². The molecule has 0 heterocycles. The van der Waals surface area contributed by atoms with Crippen LogP contribution in [0.25, 0.3) is 0 Å². The molecule has 0 saturated carbocycles. The molecular weight excluding hydrogens is 394 g/mol. The first kappa shape index (κ1) is 19.3. The quantitative estimate of drug-likeness (QED) is 0.333. The highest BCUT2D eigenvalue weighted by Crippen LogP contribution is 2.62. The van der Waals surface area contributed by atoms with Gasteiger partial charge in [0.15, 0.2) is 9.47 Å². The van der Waals surface area contributed by atoms with Gasteiger partial charge in [0.25, 0.3) is 0 Å². The van der Waals surface area contributed by atoms with Crippen molar-refractivity contribution >= 4 is 35.6 Å². The summed E-state index contributed by atoms with van der Waals surface area (Å²) < 4.78 is 13.7. The summed E-state index contributed by atoms with van der Waals surface area (Å²) in [5.41, 5.74) is 0.272. The Morgan fingerprint density at radius 1 is 0.857 bits per heavy atom. The molecular formula is C17H29IO2P+. The van der Waals surface area contributed by atoms with Gasteiger partial charge in [-0.2, -0.15) is 9.05 Å². The summed E-state index contributed by atoms with van der Waals surface area (Å²) in [6, 6.07) is 10.4. The van der Waals surface area contributed by atoms with Gasteiger partial charge in [0.1, 0.15) is 0 Å². The molecule has 1 rings (SSSR count). The third kappa shape index (κ3) is 6.94. The summed E-state index contributed by atoms with van der Waals surface area (Å²) in [5.74, 6) is 0. The van der Waals surface area contributed by atoms with Crippen LogP contribution in [0.15, 0.2) is 30.3 Å². The Hall–Kier alpha value is 0.300. The fourth-order valence-electron chi connectivity index (χ4n) is 1.58. The predicted molar refractivity (Wildman–Crippen MR) is 103 cm³/mol. The Morgan fingerprint density at radius 2 is 1.29 bits per heavy atom. The van der Waals surface area contributed by atoms with Crippen LogP contribution in [-0.4, -0.2) is 17.4 Å². The highest BCUT2D eigenvalue weighted by Gasteiger charge is 2.46. The lowest BCUT2D eigenvalue weighted by Gasteiger charge is -2.28. The second-order valence-electron chi connectivity index (χ2n) is 7.80. The van der Waals surface area contributed by atoms with Crippen molar-refractivity contribution in [2.45, 2.75) is 41.5 Å². The van der Waals surface area contributed by atoms with Gasteiger partial charge in [0, 0.05) is 0 Å². The van der Waals surface area contributed by atoms with Crippen LogP contribution in [0.2, 0.25) is 0 Å². The van der Waals surface area contributed by atoms with Crippen LogP contribution in [0.5, 0.6) is 0 Å². The maximum absolute atomic E-state index is 6.41. The van der Waals surface area contributed by atoms with Gasteiger partial charge in [-0.15, -0.1) is 0 Å². The second-order valence-corrected chi connectivity index (χ2v) is 12.5. The molecule has 0 aliphatic carbocycles. The molecule has 21 heavy (non-hydrogen) atoms. The molecule has 0 saturated heterocycles. The topological polar surface area (TPSA) is 18.5 Å². The largest absolute Gasteiger partial charge is 0.316 e. The van der Waals surface area contributed by atoms with Crippen molar-refractivity contribution in [1.29, 1.82) is 0 Å². The Morgan fingerprint density at radius 3 is 1.62 bits per heavy atom. The molecule has 4 heteroatoms. The van der Waals surface area contributed by atoms with E-state index < -0.39 is 7.72 Å². The van der Waals surface area contributed by atoms with Gasteiger partial charge in [0.2, 0.25) is 0 Å². The minimum Gasteiger partial charge on any atom is -0.200 e. The Kier molecular flexibility index (Phi) is 7.11. The van der Waals surface area contributed by atoms with E-state index in [1.165, 1.54) is 5.30 Å². The first-order valence-electron chi connectivity index (χ1n) is 7.37. The zero-order chi connectivity index (χ0) is 16.1. The monoisotopic (exact) mass is 423 g/mol. The third-order valence-electron chi connectivity index (χ3n) is 2.72. The molecule has 0 N–H and O–H groups in total. The zero-order valence-electron chi connectivity index (χ0n) is 14.1. The van der Waals surface area contributed by atoms with Gasteiger partial charge in [0.05, 0.1) is 13.2 Å². The van der Waals surface area contributed by atoms with Crippen LogP contribution in [0.1, 0.15) is 41.5 Å². The second kappa shape index (κ2) is 7.72. The molecule has 0 aliphatic rings. The average molecular weight is 423 g/mol. The molecule has 120 valence electrons. The van der Waals surface area contributed by atoms with Gasteiger partial charge in [-0.25, -0.2) is 0 Å². The van der Waals surface area contributed by atoms with E-state index in [9.17, 15) is 0 Å². The van der Waals surface area contributed by atoms with Crippen LogP contribution >= 0.6 is 30.3 Å². The van der Waals surface area contributed by atoms with Gasteiger partial charge < -0.3 is 0 Å². The highest BCUT2D eigenvalue weighted by atomic mass is 127. The molecule has 0 unspecified atom stereocenters. The predicted octanol–water partition coefficient (Wildman–Crippen LogP) is 5.68. The van der Waals surface area contributed by atoms with Crippen molar-refractivity contribution in [2.75, 3.05) is 17.4 Å². The summed E-state index contributed by atoms with van der Waals surface area (Å²) in [6.45, 7) is 14.6. The molecule has 0 aromatic heterocycles. The minimum atomic E-state index is -2.04. The third-order valence-corrected chi connectivity index (χ3v) is 7.91. The van der Waals surface area contributed by atoms with E-state index in [1.54, 1.807) is 0 Å². The molecule has 2 nitrogen and oxygen atoms in total. The van der Waals surface area contributed by atoms with Crippen LogP contribution in [0.3, 0.4) is 0 Å². The fraction of sp³-hybridized carbons (Fsp3) is 0.647. The molecule has 1 aromatic carbocycles. The summed E-state index contributed by atoms with van der Waals surface area (Å²) in [7, 11) is -2.04. The van der Waals surface area contributed by atoms with Crippen molar-refractivity contribution in [1.82, 2.24) is 0 Å². The number of hydrogen-bond donors (Lipinski definition) is 0. The van der Waals surface area contributed by atoms with Gasteiger partial charge >= 0.3 is 7.72 Å². The van der Waals surface area contributed by atoms with E-state index in [2.05, 4.69) is 88.4 Å². The standard InChI is InChI=1S/C17H29IO2P/c1-16(2,3)12-19-21(14-18,20-13-17(4,5)6)15-10-8-7-9-11-15/h7-11H,12-14H2,1-6H3/q+1. The van der Waals surface area contributed by atoms with Crippen molar-refractivity contribution in [3.05, 3.63) is 30.3 Å². The van der Waals surface area contributed by atoms with E-state index >= 15 is 0 Å². The molecule has 0 aliphatic heterocycles. The number of hydrogen-bond acceptors (Lipinski definition) is 2. The number of benzene rings is 1. The van der Waals surface area contributed by atoms with E-state index in [1.807, 2.05) is 6.07 Å². The molecule has 0 radical (unpaired) electrons. The number of rotatable bonds is 6. The smallest absolute Gasteiger partial charge is 0.200 e. The van der Waals surface area contributed by atoms with Gasteiger partial charge in [-0.1, -0.05) is 59.7 Å². The van der Waals surface area contributed by atoms with E-state index in [-0.39, 0.29) is 10.8 Å². The normalized spacial score (nSPS) is 13.5. The van der Waals surface area contributed by atoms with Crippen molar-refractivity contribution in [3.63, 3.8) is 0 Å². The van der Waals surface area contributed by atoms with E-state index in [0.29, 0.717) is 13.2 Å². The first-order valence-corrected chi connectivity index (χ1v) is 10.7. The molecule has 0 bridgehead atoms. The van der Waals surface area contributed by atoms with Crippen LogP contribution in [0, 0.1) is 10.8 Å². The summed E-state index contributed by atoms with van der Waals surface area (Å²) in [4.78, 5) is 0. The molecule has 1 aromatic rings. The van der Waals surface area contributed by atoms with Gasteiger partial charge in [-0.05, 0) is 45.6 Å². The zero-order valence-corrected chi connectivity index (χ0v) is 17.2. The van der Waals surface area contributed by atoms with Crippen LogP contribution in [-0.2, 0) is 9.05 Å². The van der Waals surface area contributed by atoms with Crippen molar-refractivity contribution < 1.29 is 9.05 Å². The summed E-state index contributed by atoms with van der Waals surface area (Å²) >= 11 is 2.41. The average Bonchev–Trinajstić information content (AvgIpc) is 2.38. The molecule has 0 spiro atoms. The minimum absolute atomic E-state index is 0.136. The summed E-state index contributed by atoms with van der Waals surface area (Å²) in [5, 5.41) is 1.20. The SMILES string of the molecule is CC(C)(C)CO[P+](CI)(OCC(C)(C)C)c1ccccc1. The highest BCUT2D eigenvalue weighted by molar-refractivity contribution is 14.1. The maximum atomic E-state index is 6.41. The summed E-state index contributed by atoms with van der Waals surface area (Å²) in [6.07, 6.45) is 0. The fourth-order valence-corrected chi connectivity index (χ4v) is 6.41. The lowest BCUT2D eigenvalue weighted by atomic mass is 9.99. The number of halogens is 1. The Labute approximate surface area is 144 Å². The van der Waals surface area contributed by atoms with Crippen LogP contribution in [0.4, 0.5) is 0 Å². The number of alkyl halides is 1. The molecule has 0 fully saturated rings. The molecule has 0 atom stereocenters. The Balaban J connectivity index is 3.01.